The summed E-state index contributed by atoms with van der Waals surface area (Å²) in [6, 6.07) is 6.13. The van der Waals surface area contributed by atoms with E-state index in [1.54, 1.807) is 14.2 Å². The first-order valence-corrected chi connectivity index (χ1v) is 6.93. The number of nitrogens with zero attached hydrogens (tertiary/aromatic N) is 1. The predicted molar refractivity (Wildman–Crippen MR) is 74.7 cm³/mol. The molecule has 2 aliphatic rings. The van der Waals surface area contributed by atoms with Crippen LogP contribution >= 0.6 is 0 Å². The van der Waals surface area contributed by atoms with Gasteiger partial charge < -0.3 is 14.8 Å². The van der Waals surface area contributed by atoms with Crippen LogP contribution in [0.3, 0.4) is 0 Å². The molecule has 0 saturated carbocycles. The van der Waals surface area contributed by atoms with Gasteiger partial charge in [0.05, 0.1) is 14.2 Å². The molecule has 1 N–H and O–H groups in total. The number of benzene rings is 1. The molecule has 0 spiro atoms. The Kier molecular flexibility index (Phi) is 3.62. The van der Waals surface area contributed by atoms with Gasteiger partial charge in [-0.15, -0.1) is 0 Å². The quantitative estimate of drug-likeness (QED) is 0.888. The summed E-state index contributed by atoms with van der Waals surface area (Å²) in [4.78, 5) is 2.55. The van der Waals surface area contributed by atoms with E-state index in [0.717, 1.165) is 29.9 Å². The Morgan fingerprint density at radius 2 is 1.63 bits per heavy atom. The van der Waals surface area contributed by atoms with Crippen LogP contribution in [0.5, 0.6) is 11.5 Å². The molecular formula is C15H22N2O2. The van der Waals surface area contributed by atoms with Crippen LogP contribution in [0.25, 0.3) is 0 Å². The van der Waals surface area contributed by atoms with Crippen molar-refractivity contribution in [1.82, 2.24) is 10.2 Å². The second-order valence-electron chi connectivity index (χ2n) is 5.59. The molecule has 0 bridgehead atoms. The molecule has 1 aromatic carbocycles. The van der Waals surface area contributed by atoms with Crippen molar-refractivity contribution >= 4 is 0 Å². The number of hydrogen-bond acceptors (Lipinski definition) is 4. The van der Waals surface area contributed by atoms with Gasteiger partial charge in [-0.05, 0) is 42.6 Å². The predicted octanol–water partition coefficient (Wildman–Crippen LogP) is 1.35. The molecule has 2 fully saturated rings. The molecule has 0 unspecified atom stereocenters. The highest BCUT2D eigenvalue weighted by Gasteiger charge is 2.35. The van der Waals surface area contributed by atoms with E-state index in [2.05, 4.69) is 22.3 Å². The monoisotopic (exact) mass is 262 g/mol. The highest BCUT2D eigenvalue weighted by molar-refractivity contribution is 5.38. The maximum absolute atomic E-state index is 5.33. The van der Waals surface area contributed by atoms with Gasteiger partial charge in [0.25, 0.3) is 0 Å². The van der Waals surface area contributed by atoms with E-state index < -0.39 is 0 Å². The number of fused-ring (bicyclic) bond motifs is 1. The molecule has 0 amide bonds. The second kappa shape index (κ2) is 5.39. The van der Waals surface area contributed by atoms with Crippen molar-refractivity contribution in [3.05, 3.63) is 23.8 Å². The van der Waals surface area contributed by atoms with Gasteiger partial charge in [-0.25, -0.2) is 0 Å². The lowest BCUT2D eigenvalue weighted by atomic mass is 10.0. The van der Waals surface area contributed by atoms with Gasteiger partial charge in [0.2, 0.25) is 0 Å². The summed E-state index contributed by atoms with van der Waals surface area (Å²) in [5.74, 6) is 3.42. The van der Waals surface area contributed by atoms with Gasteiger partial charge in [-0.1, -0.05) is 0 Å². The van der Waals surface area contributed by atoms with Gasteiger partial charge in [-0.2, -0.15) is 0 Å². The zero-order chi connectivity index (χ0) is 13.2. The minimum Gasteiger partial charge on any atom is -0.497 e. The summed E-state index contributed by atoms with van der Waals surface area (Å²) in [6.07, 6.45) is 0. The van der Waals surface area contributed by atoms with E-state index >= 15 is 0 Å². The average molecular weight is 262 g/mol. The maximum atomic E-state index is 5.33. The van der Waals surface area contributed by atoms with Crippen molar-refractivity contribution < 1.29 is 9.47 Å². The van der Waals surface area contributed by atoms with Crippen molar-refractivity contribution in [3.8, 4) is 11.5 Å². The first kappa shape index (κ1) is 12.8. The van der Waals surface area contributed by atoms with Crippen LogP contribution in [0, 0.1) is 11.8 Å². The molecular weight excluding hydrogens is 240 g/mol. The van der Waals surface area contributed by atoms with Crippen LogP contribution in [-0.2, 0) is 6.54 Å². The number of rotatable bonds is 4. The minimum absolute atomic E-state index is 0.840. The Hall–Kier alpha value is -1.26. The van der Waals surface area contributed by atoms with Crippen molar-refractivity contribution in [3.63, 3.8) is 0 Å². The van der Waals surface area contributed by atoms with Gasteiger partial charge >= 0.3 is 0 Å². The topological polar surface area (TPSA) is 33.7 Å². The Morgan fingerprint density at radius 3 is 2.16 bits per heavy atom. The Morgan fingerprint density at radius 1 is 1.05 bits per heavy atom. The molecule has 4 nitrogen and oxygen atoms in total. The average Bonchev–Trinajstić information content (AvgIpc) is 2.99. The van der Waals surface area contributed by atoms with Gasteiger partial charge in [0.15, 0.2) is 0 Å². The molecule has 19 heavy (non-hydrogen) atoms. The summed E-state index contributed by atoms with van der Waals surface area (Å²) in [5, 5.41) is 3.48. The largest absolute Gasteiger partial charge is 0.497 e. The number of hydrogen-bond donors (Lipinski definition) is 1. The standard InChI is InChI=1S/C15H22N2O2/c1-18-14-3-11(4-15(5-14)19-2)8-17-9-12-6-16-7-13(12)10-17/h3-5,12-13,16H,6-10H2,1-2H3/t12-,13+. The molecule has 2 aliphatic heterocycles. The molecule has 2 atom stereocenters. The fourth-order valence-electron chi connectivity index (χ4n) is 3.30. The molecule has 4 heteroatoms. The van der Waals surface area contributed by atoms with Crippen LogP contribution in [0.15, 0.2) is 18.2 Å². The zero-order valence-electron chi connectivity index (χ0n) is 11.7. The normalized spacial score (nSPS) is 26.4. The van der Waals surface area contributed by atoms with Crippen molar-refractivity contribution in [2.24, 2.45) is 11.8 Å². The molecule has 1 aromatic rings. The number of likely N-dealkylation sites (tertiary alicyclic amines) is 1. The Balaban J connectivity index is 1.69. The number of ether oxygens (including phenoxy) is 2. The van der Waals surface area contributed by atoms with Crippen LogP contribution in [-0.4, -0.2) is 45.3 Å². The maximum Gasteiger partial charge on any atom is 0.122 e. The van der Waals surface area contributed by atoms with Crippen LogP contribution in [0.4, 0.5) is 0 Å². The first-order chi connectivity index (χ1) is 9.28. The third kappa shape index (κ3) is 2.69. The third-order valence-electron chi connectivity index (χ3n) is 4.28. The highest BCUT2D eigenvalue weighted by atomic mass is 16.5. The molecule has 104 valence electrons. The van der Waals surface area contributed by atoms with E-state index in [0.29, 0.717) is 0 Å². The van der Waals surface area contributed by atoms with E-state index in [9.17, 15) is 0 Å². The fraction of sp³-hybridized carbons (Fsp3) is 0.600. The highest BCUT2D eigenvalue weighted by Crippen LogP contribution is 2.29. The molecule has 2 saturated heterocycles. The second-order valence-corrected chi connectivity index (χ2v) is 5.59. The van der Waals surface area contributed by atoms with Gasteiger partial charge in [0, 0.05) is 25.7 Å². The van der Waals surface area contributed by atoms with E-state index in [1.807, 2.05) is 6.07 Å². The Bertz CT molecular complexity index is 416. The molecule has 0 radical (unpaired) electrons. The fourth-order valence-corrected chi connectivity index (χ4v) is 3.30. The summed E-state index contributed by atoms with van der Waals surface area (Å²) < 4.78 is 10.7. The third-order valence-corrected chi connectivity index (χ3v) is 4.28. The van der Waals surface area contributed by atoms with E-state index in [-0.39, 0.29) is 0 Å². The molecule has 2 heterocycles. The van der Waals surface area contributed by atoms with Crippen molar-refractivity contribution in [2.75, 3.05) is 40.4 Å². The van der Waals surface area contributed by atoms with Crippen LogP contribution in [0.2, 0.25) is 0 Å². The number of nitrogens with one attached hydrogen (secondary N) is 1. The molecule has 3 rings (SSSR count). The molecule has 0 aliphatic carbocycles. The first-order valence-electron chi connectivity index (χ1n) is 6.93. The van der Waals surface area contributed by atoms with Crippen molar-refractivity contribution in [1.29, 1.82) is 0 Å². The number of methoxy groups -OCH3 is 2. The van der Waals surface area contributed by atoms with Gasteiger partial charge in [-0.3, -0.25) is 4.90 Å². The molecule has 0 aromatic heterocycles. The van der Waals surface area contributed by atoms with E-state index in [4.69, 9.17) is 9.47 Å². The zero-order valence-corrected chi connectivity index (χ0v) is 11.7. The SMILES string of the molecule is COc1cc(CN2C[C@H]3CNC[C@H]3C2)cc(OC)c1. The summed E-state index contributed by atoms with van der Waals surface area (Å²) in [6.45, 7) is 5.76. The van der Waals surface area contributed by atoms with Crippen molar-refractivity contribution in [2.45, 2.75) is 6.54 Å². The summed E-state index contributed by atoms with van der Waals surface area (Å²) in [5.41, 5.74) is 1.27. The summed E-state index contributed by atoms with van der Waals surface area (Å²) >= 11 is 0. The lowest BCUT2D eigenvalue weighted by Gasteiger charge is -2.18. The Labute approximate surface area is 114 Å². The van der Waals surface area contributed by atoms with E-state index in [1.165, 1.54) is 31.7 Å². The summed E-state index contributed by atoms with van der Waals surface area (Å²) in [7, 11) is 3.40. The lowest BCUT2D eigenvalue weighted by molar-refractivity contribution is 0.304. The van der Waals surface area contributed by atoms with Crippen LogP contribution < -0.4 is 14.8 Å². The van der Waals surface area contributed by atoms with Crippen LogP contribution in [0.1, 0.15) is 5.56 Å². The van der Waals surface area contributed by atoms with Gasteiger partial charge in [0.1, 0.15) is 11.5 Å². The lowest BCUT2D eigenvalue weighted by Crippen LogP contribution is -2.25. The smallest absolute Gasteiger partial charge is 0.122 e. The minimum atomic E-state index is 0.840.